The second kappa shape index (κ2) is 8.79. The summed E-state index contributed by atoms with van der Waals surface area (Å²) in [5.41, 5.74) is 1.08. The molecule has 0 atom stereocenters. The van der Waals surface area contributed by atoms with E-state index in [4.69, 9.17) is 0 Å². The lowest BCUT2D eigenvalue weighted by atomic mass is 10.0. The third-order valence-corrected chi connectivity index (χ3v) is 4.83. The molecule has 168 valence electrons. The number of amides is 2. The van der Waals surface area contributed by atoms with Crippen LogP contribution in [0.1, 0.15) is 5.56 Å². The van der Waals surface area contributed by atoms with Gasteiger partial charge in [-0.2, -0.15) is 13.2 Å². The van der Waals surface area contributed by atoms with E-state index in [2.05, 4.69) is 15.4 Å². The topological polar surface area (TPSA) is 108 Å². The normalized spacial score (nSPS) is 11.6. The van der Waals surface area contributed by atoms with Crippen molar-refractivity contribution in [1.82, 2.24) is 0 Å². The summed E-state index contributed by atoms with van der Waals surface area (Å²) >= 11 is 0. The zero-order valence-corrected chi connectivity index (χ0v) is 17.4. The highest BCUT2D eigenvalue weighted by Gasteiger charge is 2.29. The fourth-order valence-corrected chi connectivity index (χ4v) is 3.35. The number of rotatable bonds is 5. The van der Waals surface area contributed by atoms with Gasteiger partial charge in [-0.25, -0.2) is 13.2 Å². The van der Waals surface area contributed by atoms with Crippen molar-refractivity contribution in [2.45, 2.75) is 6.18 Å². The maximum atomic E-state index is 12.7. The molecule has 7 nitrogen and oxygen atoms in total. The van der Waals surface area contributed by atoms with Gasteiger partial charge < -0.3 is 15.7 Å². The Morgan fingerprint density at radius 2 is 1.34 bits per heavy atom. The van der Waals surface area contributed by atoms with Crippen LogP contribution in [0.15, 0.2) is 66.7 Å². The first-order valence-corrected chi connectivity index (χ1v) is 11.0. The lowest BCUT2D eigenvalue weighted by Crippen LogP contribution is -2.19. The molecule has 0 unspecified atom stereocenters. The molecule has 3 rings (SSSR count). The van der Waals surface area contributed by atoms with E-state index < -0.39 is 27.8 Å². The monoisotopic (exact) mass is 465 g/mol. The van der Waals surface area contributed by atoms with Crippen LogP contribution >= 0.6 is 0 Å². The highest BCUT2D eigenvalue weighted by Crippen LogP contribution is 2.31. The molecule has 3 aromatic rings. The SMILES string of the molecule is CS(=O)(=O)Nc1cc(NC(=O)Nc2ccc(-c3ccc(C(F)(F)F)cc3)cc2)ccc1O. The summed E-state index contributed by atoms with van der Waals surface area (Å²) in [6.45, 7) is 0. The standard InChI is InChI=1S/C21H18F3N3O4S/c1-32(30,31)27-18-12-17(10-11-19(18)28)26-20(29)25-16-8-4-14(5-9-16)13-2-6-15(7-3-13)21(22,23)24/h2-12,27-28H,1H3,(H2,25,26,29). The lowest BCUT2D eigenvalue weighted by molar-refractivity contribution is -0.137. The Hall–Kier alpha value is -3.73. The fraction of sp³-hybridized carbons (Fsp3) is 0.0952. The number of anilines is 3. The van der Waals surface area contributed by atoms with Crippen LogP contribution in [-0.4, -0.2) is 25.8 Å². The predicted octanol–water partition coefficient (Wildman–Crippen LogP) is 5.09. The number of alkyl halides is 3. The van der Waals surface area contributed by atoms with Gasteiger partial charge in [-0.3, -0.25) is 4.72 Å². The number of urea groups is 1. The van der Waals surface area contributed by atoms with Gasteiger partial charge in [0.25, 0.3) is 0 Å². The van der Waals surface area contributed by atoms with Gasteiger partial charge in [-0.05, 0) is 53.6 Å². The van der Waals surface area contributed by atoms with Gasteiger partial charge in [0.2, 0.25) is 10.0 Å². The zero-order chi connectivity index (χ0) is 23.5. The van der Waals surface area contributed by atoms with Crippen molar-refractivity contribution in [3.63, 3.8) is 0 Å². The van der Waals surface area contributed by atoms with E-state index in [1.54, 1.807) is 24.3 Å². The van der Waals surface area contributed by atoms with Crippen molar-refractivity contribution in [3.05, 3.63) is 72.3 Å². The maximum absolute atomic E-state index is 12.7. The third-order valence-electron chi connectivity index (χ3n) is 4.24. The van der Waals surface area contributed by atoms with Crippen LogP contribution in [0.2, 0.25) is 0 Å². The quantitative estimate of drug-likeness (QED) is 0.311. The number of nitrogens with one attached hydrogen (secondary N) is 3. The smallest absolute Gasteiger partial charge is 0.416 e. The summed E-state index contributed by atoms with van der Waals surface area (Å²) in [6.07, 6.45) is -3.48. The number of benzene rings is 3. The molecular weight excluding hydrogens is 447 g/mol. The van der Waals surface area contributed by atoms with Crippen LogP contribution in [0.25, 0.3) is 11.1 Å². The molecule has 0 aliphatic carbocycles. The predicted molar refractivity (Wildman–Crippen MR) is 116 cm³/mol. The van der Waals surface area contributed by atoms with Crippen LogP contribution in [0.4, 0.5) is 35.0 Å². The van der Waals surface area contributed by atoms with Gasteiger partial charge in [-0.15, -0.1) is 0 Å². The summed E-state index contributed by atoms with van der Waals surface area (Å²) in [5, 5.41) is 14.8. The Kier molecular flexibility index (Phi) is 6.30. The van der Waals surface area contributed by atoms with Crippen LogP contribution < -0.4 is 15.4 Å². The Bertz CT molecular complexity index is 1230. The highest BCUT2D eigenvalue weighted by atomic mass is 32.2. The molecular formula is C21H18F3N3O4S. The van der Waals surface area contributed by atoms with Crippen LogP contribution in [0.5, 0.6) is 5.75 Å². The number of carbonyl (C=O) groups is 1. The molecule has 0 aromatic heterocycles. The average Bonchev–Trinajstić information content (AvgIpc) is 2.69. The zero-order valence-electron chi connectivity index (χ0n) is 16.6. The van der Waals surface area contributed by atoms with Crippen molar-refractivity contribution in [2.75, 3.05) is 21.6 Å². The summed E-state index contributed by atoms with van der Waals surface area (Å²) in [5.74, 6) is -0.305. The van der Waals surface area contributed by atoms with Crippen molar-refractivity contribution in [3.8, 4) is 16.9 Å². The Morgan fingerprint density at radius 1 is 0.844 bits per heavy atom. The van der Waals surface area contributed by atoms with Gasteiger partial charge in [0.05, 0.1) is 17.5 Å². The second-order valence-corrected chi connectivity index (χ2v) is 8.59. The first kappa shape index (κ1) is 22.9. The van der Waals surface area contributed by atoms with Crippen molar-refractivity contribution in [1.29, 1.82) is 0 Å². The molecule has 0 heterocycles. The van der Waals surface area contributed by atoms with Gasteiger partial charge in [0, 0.05) is 11.4 Å². The van der Waals surface area contributed by atoms with E-state index in [9.17, 15) is 31.5 Å². The molecule has 0 spiro atoms. The summed E-state index contributed by atoms with van der Waals surface area (Å²) in [7, 11) is -3.62. The minimum atomic E-state index is -4.40. The van der Waals surface area contributed by atoms with Crippen LogP contribution in [0.3, 0.4) is 0 Å². The summed E-state index contributed by atoms with van der Waals surface area (Å²) < 4.78 is 62.9. The van der Waals surface area contributed by atoms with Crippen molar-refractivity contribution < 1.29 is 31.5 Å². The molecule has 0 radical (unpaired) electrons. The first-order chi connectivity index (χ1) is 14.9. The fourth-order valence-electron chi connectivity index (χ4n) is 2.79. The van der Waals surface area contributed by atoms with E-state index in [1.165, 1.54) is 30.3 Å². The molecule has 0 bridgehead atoms. The Labute approximate surface area is 182 Å². The van der Waals surface area contributed by atoms with E-state index >= 15 is 0 Å². The van der Waals surface area contributed by atoms with Crippen LogP contribution in [-0.2, 0) is 16.2 Å². The molecule has 11 heteroatoms. The van der Waals surface area contributed by atoms with Crippen LogP contribution in [0, 0.1) is 0 Å². The van der Waals surface area contributed by atoms with Gasteiger partial charge in [0.15, 0.2) is 0 Å². The number of carbonyl (C=O) groups excluding carboxylic acids is 1. The lowest BCUT2D eigenvalue weighted by Gasteiger charge is -2.11. The van der Waals surface area contributed by atoms with E-state index in [0.717, 1.165) is 18.4 Å². The molecule has 0 saturated heterocycles. The number of phenolic OH excluding ortho intramolecular Hbond substituents is 1. The number of sulfonamides is 1. The summed E-state index contributed by atoms with van der Waals surface area (Å²) in [4.78, 5) is 12.2. The van der Waals surface area contributed by atoms with Crippen molar-refractivity contribution in [2.24, 2.45) is 0 Å². The molecule has 0 aliphatic heterocycles. The first-order valence-electron chi connectivity index (χ1n) is 9.07. The second-order valence-electron chi connectivity index (χ2n) is 6.84. The van der Waals surface area contributed by atoms with E-state index in [-0.39, 0.29) is 17.1 Å². The molecule has 0 fully saturated rings. The van der Waals surface area contributed by atoms with Gasteiger partial charge in [0.1, 0.15) is 5.75 Å². The minimum absolute atomic E-state index is 0.0915. The molecule has 2 amide bonds. The minimum Gasteiger partial charge on any atom is -0.506 e. The number of hydrogen-bond donors (Lipinski definition) is 4. The molecule has 0 saturated carbocycles. The molecule has 32 heavy (non-hydrogen) atoms. The number of phenols is 1. The average molecular weight is 465 g/mol. The highest BCUT2D eigenvalue weighted by molar-refractivity contribution is 7.92. The van der Waals surface area contributed by atoms with E-state index in [0.29, 0.717) is 16.8 Å². The third kappa shape index (κ3) is 6.14. The maximum Gasteiger partial charge on any atom is 0.416 e. The van der Waals surface area contributed by atoms with Gasteiger partial charge in [-0.1, -0.05) is 24.3 Å². The van der Waals surface area contributed by atoms with E-state index in [1.807, 2.05) is 0 Å². The van der Waals surface area contributed by atoms with Gasteiger partial charge >= 0.3 is 12.2 Å². The number of hydrogen-bond acceptors (Lipinski definition) is 4. The number of halogens is 3. The Morgan fingerprint density at radius 3 is 1.88 bits per heavy atom. The molecule has 0 aliphatic rings. The number of aromatic hydroxyl groups is 1. The largest absolute Gasteiger partial charge is 0.506 e. The Balaban J connectivity index is 1.66. The van der Waals surface area contributed by atoms with Crippen molar-refractivity contribution >= 4 is 33.1 Å². The molecule has 4 N–H and O–H groups in total. The summed E-state index contributed by atoms with van der Waals surface area (Å²) in [6, 6.07) is 14.4. The molecule has 3 aromatic carbocycles.